The van der Waals surface area contributed by atoms with Gasteiger partial charge in [-0.2, -0.15) is 0 Å². The van der Waals surface area contributed by atoms with Crippen molar-refractivity contribution >= 4 is 17.2 Å². The third-order valence-electron chi connectivity index (χ3n) is 4.41. The summed E-state index contributed by atoms with van der Waals surface area (Å²) in [5.74, 6) is 1.59. The number of likely N-dealkylation sites (tertiary alicyclic amines) is 1. The number of hydrogen-bond acceptors (Lipinski definition) is 7. The molecule has 0 N–H and O–H groups in total. The maximum atomic E-state index is 12.4. The molecule has 2 aromatic heterocycles. The topological polar surface area (TPSA) is 81.4 Å². The minimum atomic E-state index is 0.0106. The second-order valence-electron chi connectivity index (χ2n) is 6.17. The Hall–Kier alpha value is -1.80. The Bertz CT molecular complexity index is 714. The van der Waals surface area contributed by atoms with Gasteiger partial charge in [-0.15, -0.1) is 21.5 Å². The van der Waals surface area contributed by atoms with Crippen LogP contribution in [0.15, 0.2) is 9.80 Å². The molecule has 4 heterocycles. The second kappa shape index (κ2) is 5.68. The molecule has 1 amide bonds. The van der Waals surface area contributed by atoms with Gasteiger partial charge in [-0.05, 0) is 13.3 Å². The molecule has 2 aromatic rings. The summed E-state index contributed by atoms with van der Waals surface area (Å²) in [7, 11) is 0. The number of ether oxygens (including phenoxy) is 1. The zero-order valence-electron chi connectivity index (χ0n) is 13.1. The van der Waals surface area contributed by atoms with Gasteiger partial charge < -0.3 is 14.1 Å². The van der Waals surface area contributed by atoms with Crippen molar-refractivity contribution in [2.45, 2.75) is 38.9 Å². The number of aromatic nitrogens is 3. The van der Waals surface area contributed by atoms with E-state index in [4.69, 9.17) is 9.15 Å². The zero-order valence-corrected chi connectivity index (χ0v) is 13.9. The third kappa shape index (κ3) is 2.88. The van der Waals surface area contributed by atoms with Crippen LogP contribution in [0.2, 0.25) is 0 Å². The molecule has 0 radical (unpaired) electrons. The summed E-state index contributed by atoms with van der Waals surface area (Å²) in [5, 5.41) is 10.6. The molecule has 2 aliphatic rings. The lowest BCUT2D eigenvalue weighted by Gasteiger charge is -2.18. The van der Waals surface area contributed by atoms with E-state index in [0.29, 0.717) is 36.4 Å². The number of nitrogens with zero attached hydrogens (tertiary/aromatic N) is 4. The summed E-state index contributed by atoms with van der Waals surface area (Å²) in [6.07, 6.45) is 1.77. The third-order valence-corrected chi connectivity index (χ3v) is 5.18. The number of rotatable bonds is 3. The lowest BCUT2D eigenvalue weighted by atomic mass is 10.0. The number of carbonyl (C=O) groups excluding carboxylic acids is 1. The van der Waals surface area contributed by atoms with E-state index in [1.54, 1.807) is 6.92 Å². The molecule has 0 aromatic carbocycles. The SMILES string of the molecule is Cc1nnc(C[C@@H]2C[C@H]3CN(C(=O)c4csc(C)n4)C[C@H]3O2)o1. The van der Waals surface area contributed by atoms with E-state index in [0.717, 1.165) is 18.0 Å². The monoisotopic (exact) mass is 334 g/mol. The maximum Gasteiger partial charge on any atom is 0.273 e. The van der Waals surface area contributed by atoms with E-state index >= 15 is 0 Å². The Labute approximate surface area is 137 Å². The predicted molar refractivity (Wildman–Crippen MR) is 82.3 cm³/mol. The minimum absolute atomic E-state index is 0.0106. The Balaban J connectivity index is 1.35. The van der Waals surface area contributed by atoms with Crippen molar-refractivity contribution in [1.82, 2.24) is 20.1 Å². The van der Waals surface area contributed by atoms with Gasteiger partial charge in [0, 0.05) is 31.3 Å². The first kappa shape index (κ1) is 14.8. The lowest BCUT2D eigenvalue weighted by molar-refractivity contribution is 0.0335. The van der Waals surface area contributed by atoms with Gasteiger partial charge in [0.25, 0.3) is 5.91 Å². The van der Waals surface area contributed by atoms with Crippen LogP contribution in [0.4, 0.5) is 0 Å². The summed E-state index contributed by atoms with van der Waals surface area (Å²) in [6, 6.07) is 0. The quantitative estimate of drug-likeness (QED) is 0.848. The van der Waals surface area contributed by atoms with Gasteiger partial charge in [0.15, 0.2) is 0 Å². The van der Waals surface area contributed by atoms with Gasteiger partial charge in [0.05, 0.1) is 23.6 Å². The van der Waals surface area contributed by atoms with Crippen molar-refractivity contribution in [2.75, 3.05) is 13.1 Å². The molecule has 7 nitrogen and oxygen atoms in total. The molecule has 2 saturated heterocycles. The highest BCUT2D eigenvalue weighted by Gasteiger charge is 2.44. The maximum absolute atomic E-state index is 12.4. The van der Waals surface area contributed by atoms with Crippen LogP contribution in [0, 0.1) is 19.8 Å². The van der Waals surface area contributed by atoms with Gasteiger partial charge >= 0.3 is 0 Å². The summed E-state index contributed by atoms with van der Waals surface area (Å²) in [4.78, 5) is 18.6. The van der Waals surface area contributed by atoms with E-state index in [2.05, 4.69) is 15.2 Å². The number of carbonyl (C=O) groups is 1. The van der Waals surface area contributed by atoms with Crippen LogP contribution >= 0.6 is 11.3 Å². The Kier molecular flexibility index (Phi) is 3.65. The second-order valence-corrected chi connectivity index (χ2v) is 7.24. The summed E-state index contributed by atoms with van der Waals surface area (Å²) in [6.45, 7) is 5.07. The molecule has 0 unspecified atom stereocenters. The van der Waals surface area contributed by atoms with Crippen LogP contribution in [0.25, 0.3) is 0 Å². The fourth-order valence-corrected chi connectivity index (χ4v) is 3.98. The largest absolute Gasteiger partial charge is 0.426 e. The first-order valence-corrected chi connectivity index (χ1v) is 8.62. The lowest BCUT2D eigenvalue weighted by Crippen LogP contribution is -2.31. The van der Waals surface area contributed by atoms with Crippen molar-refractivity contribution in [1.29, 1.82) is 0 Å². The number of hydrogen-bond donors (Lipinski definition) is 0. The van der Waals surface area contributed by atoms with Crippen molar-refractivity contribution in [2.24, 2.45) is 5.92 Å². The van der Waals surface area contributed by atoms with Gasteiger partial charge in [-0.3, -0.25) is 4.79 Å². The van der Waals surface area contributed by atoms with E-state index in [-0.39, 0.29) is 18.1 Å². The first-order valence-electron chi connectivity index (χ1n) is 7.74. The van der Waals surface area contributed by atoms with Crippen molar-refractivity contribution in [3.63, 3.8) is 0 Å². The number of fused-ring (bicyclic) bond motifs is 1. The van der Waals surface area contributed by atoms with Crippen LogP contribution in [0.5, 0.6) is 0 Å². The smallest absolute Gasteiger partial charge is 0.273 e. The molecule has 4 rings (SSSR count). The fraction of sp³-hybridized carbons (Fsp3) is 0.600. The van der Waals surface area contributed by atoms with Crippen molar-refractivity contribution < 1.29 is 13.9 Å². The van der Waals surface area contributed by atoms with Crippen molar-refractivity contribution in [3.8, 4) is 0 Å². The van der Waals surface area contributed by atoms with Gasteiger partial charge in [-0.25, -0.2) is 4.98 Å². The predicted octanol–water partition coefficient (Wildman–Crippen LogP) is 1.62. The van der Waals surface area contributed by atoms with E-state index in [1.807, 2.05) is 17.2 Å². The average Bonchev–Trinajstić information content (AvgIpc) is 3.23. The molecule has 122 valence electrons. The molecule has 23 heavy (non-hydrogen) atoms. The highest BCUT2D eigenvalue weighted by Crippen LogP contribution is 2.34. The Morgan fingerprint density at radius 2 is 2.26 bits per heavy atom. The van der Waals surface area contributed by atoms with E-state index in [1.165, 1.54) is 11.3 Å². The van der Waals surface area contributed by atoms with Gasteiger partial charge in [0.2, 0.25) is 11.8 Å². The van der Waals surface area contributed by atoms with Crippen LogP contribution in [-0.4, -0.2) is 51.3 Å². The summed E-state index contributed by atoms with van der Waals surface area (Å²) < 4.78 is 11.5. The molecule has 3 atom stereocenters. The van der Waals surface area contributed by atoms with Gasteiger partial charge in [-0.1, -0.05) is 0 Å². The Morgan fingerprint density at radius 3 is 2.91 bits per heavy atom. The van der Waals surface area contributed by atoms with Crippen molar-refractivity contribution in [3.05, 3.63) is 27.9 Å². The first-order chi connectivity index (χ1) is 11.1. The summed E-state index contributed by atoms with van der Waals surface area (Å²) >= 11 is 1.50. The molecule has 2 fully saturated rings. The van der Waals surface area contributed by atoms with Crippen LogP contribution in [0.3, 0.4) is 0 Å². The highest BCUT2D eigenvalue weighted by atomic mass is 32.1. The molecule has 0 aliphatic carbocycles. The van der Waals surface area contributed by atoms with E-state index < -0.39 is 0 Å². The van der Waals surface area contributed by atoms with Crippen LogP contribution < -0.4 is 0 Å². The molecule has 0 bridgehead atoms. The van der Waals surface area contributed by atoms with Crippen LogP contribution in [-0.2, 0) is 11.2 Å². The molecular formula is C15H18N4O3S. The number of thiazole rings is 1. The summed E-state index contributed by atoms with van der Waals surface area (Å²) in [5.41, 5.74) is 0.547. The zero-order chi connectivity index (χ0) is 16.0. The number of aryl methyl sites for hydroxylation is 2. The molecular weight excluding hydrogens is 316 g/mol. The van der Waals surface area contributed by atoms with Gasteiger partial charge in [0.1, 0.15) is 5.69 Å². The average molecular weight is 334 g/mol. The molecule has 0 saturated carbocycles. The normalized spacial score (nSPS) is 26.7. The molecule has 0 spiro atoms. The minimum Gasteiger partial charge on any atom is -0.426 e. The fourth-order valence-electron chi connectivity index (χ4n) is 3.40. The highest BCUT2D eigenvalue weighted by molar-refractivity contribution is 7.09. The Morgan fingerprint density at radius 1 is 1.39 bits per heavy atom. The van der Waals surface area contributed by atoms with E-state index in [9.17, 15) is 4.79 Å². The standard InChI is InChI=1S/C15H18N4O3S/c1-8-17-18-14(21-8)4-11-3-10-5-19(6-13(10)22-11)15(20)12-7-23-9(2)16-12/h7,10-11,13H,3-6H2,1-2H3/t10-,11-,13+/m0/s1. The molecule has 2 aliphatic heterocycles. The molecule has 8 heteroatoms. The van der Waals surface area contributed by atoms with Crippen LogP contribution in [0.1, 0.15) is 33.7 Å². The number of amides is 1.